The molecule has 1 N–H and O–H groups in total. The van der Waals surface area contributed by atoms with Crippen LogP contribution in [0.5, 0.6) is 0 Å². The summed E-state index contributed by atoms with van der Waals surface area (Å²) in [6.45, 7) is 8.27. The highest BCUT2D eigenvalue weighted by Crippen LogP contribution is 2.17. The van der Waals surface area contributed by atoms with E-state index in [1.54, 1.807) is 13.3 Å². The van der Waals surface area contributed by atoms with Gasteiger partial charge in [-0.15, -0.1) is 0 Å². The Kier molecular flexibility index (Phi) is 9.93. The van der Waals surface area contributed by atoms with Gasteiger partial charge in [0.15, 0.2) is 0 Å². The summed E-state index contributed by atoms with van der Waals surface area (Å²) in [6, 6.07) is 0. The fourth-order valence-electron chi connectivity index (χ4n) is 1.75. The molecule has 0 heterocycles. The van der Waals surface area contributed by atoms with Crippen molar-refractivity contribution in [3.63, 3.8) is 0 Å². The monoisotopic (exact) mass is 250 g/mol. The second-order valence-corrected chi connectivity index (χ2v) is 4.46. The van der Waals surface area contributed by atoms with Crippen molar-refractivity contribution in [2.24, 2.45) is 4.99 Å². The van der Waals surface area contributed by atoms with Crippen molar-refractivity contribution in [3.8, 4) is 0 Å². The largest absolute Gasteiger partial charge is 0.327 e. The maximum Gasteiger partial charge on any atom is 0.211 e. The highest BCUT2D eigenvalue weighted by molar-refractivity contribution is 5.83. The summed E-state index contributed by atoms with van der Waals surface area (Å²) >= 11 is 0. The Morgan fingerprint density at radius 2 is 1.94 bits per heavy atom. The topological polar surface area (TPSA) is 41.5 Å². The number of aliphatic imine (C=N–C) groups is 1. The van der Waals surface area contributed by atoms with E-state index in [1.807, 2.05) is 6.92 Å². The molecule has 0 radical (unpaired) electrons. The van der Waals surface area contributed by atoms with Crippen LogP contribution in [-0.4, -0.2) is 19.7 Å². The summed E-state index contributed by atoms with van der Waals surface area (Å²) in [5, 5.41) is 2.66. The van der Waals surface area contributed by atoms with Gasteiger partial charge in [0, 0.05) is 13.3 Å². The first-order chi connectivity index (χ1) is 8.67. The number of unbranched alkanes of at least 4 members (excludes halogenated alkanes) is 4. The molecule has 0 rings (SSSR count). The molecule has 0 aliphatic rings. The molecule has 1 amide bonds. The van der Waals surface area contributed by atoms with Crippen molar-refractivity contribution in [2.75, 3.05) is 7.05 Å². The molecule has 0 fully saturated rings. The minimum atomic E-state index is 0.676. The van der Waals surface area contributed by atoms with E-state index >= 15 is 0 Å². The molecule has 0 bridgehead atoms. The van der Waals surface area contributed by atoms with Gasteiger partial charge in [0.2, 0.25) is 6.41 Å². The van der Waals surface area contributed by atoms with Gasteiger partial charge in [0.1, 0.15) is 0 Å². The van der Waals surface area contributed by atoms with Gasteiger partial charge in [0.05, 0.1) is 5.70 Å². The van der Waals surface area contributed by atoms with Gasteiger partial charge >= 0.3 is 0 Å². The second kappa shape index (κ2) is 10.8. The molecule has 0 unspecified atom stereocenters. The summed E-state index contributed by atoms with van der Waals surface area (Å²) < 4.78 is 0. The third-order valence-corrected chi connectivity index (χ3v) is 2.99. The number of allylic oxidation sites excluding steroid dienone is 3. The molecule has 0 aromatic heterocycles. The molecule has 0 aromatic carbocycles. The van der Waals surface area contributed by atoms with Crippen LogP contribution in [0.25, 0.3) is 0 Å². The number of carbonyl (C=O) groups excluding carboxylic acids is 1. The van der Waals surface area contributed by atoms with Gasteiger partial charge < -0.3 is 5.32 Å². The van der Waals surface area contributed by atoms with E-state index in [0.29, 0.717) is 6.41 Å². The van der Waals surface area contributed by atoms with Crippen LogP contribution < -0.4 is 5.32 Å². The molecule has 0 aromatic rings. The lowest BCUT2D eigenvalue weighted by Crippen LogP contribution is -2.14. The van der Waals surface area contributed by atoms with E-state index in [4.69, 9.17) is 0 Å². The van der Waals surface area contributed by atoms with Crippen LogP contribution in [0.2, 0.25) is 0 Å². The molecule has 0 spiro atoms. The molecule has 3 nitrogen and oxygen atoms in total. The van der Waals surface area contributed by atoms with Gasteiger partial charge in [-0.1, -0.05) is 44.8 Å². The first-order valence-corrected chi connectivity index (χ1v) is 6.68. The molecule has 0 aliphatic carbocycles. The van der Waals surface area contributed by atoms with Crippen LogP contribution in [0.1, 0.15) is 52.4 Å². The van der Waals surface area contributed by atoms with Crippen LogP contribution >= 0.6 is 0 Å². The van der Waals surface area contributed by atoms with E-state index in [0.717, 1.165) is 29.7 Å². The number of carbonyl (C=O) groups is 1. The van der Waals surface area contributed by atoms with Crippen molar-refractivity contribution in [1.29, 1.82) is 0 Å². The molecule has 3 heteroatoms. The average Bonchev–Trinajstić information content (AvgIpc) is 2.37. The summed E-state index contributed by atoms with van der Waals surface area (Å²) in [7, 11) is 1.69. The van der Waals surface area contributed by atoms with Gasteiger partial charge in [-0.2, -0.15) is 0 Å². The molecule has 0 aliphatic heterocycles. The minimum Gasteiger partial charge on any atom is -0.327 e. The van der Waals surface area contributed by atoms with Crippen LogP contribution in [0.4, 0.5) is 0 Å². The van der Waals surface area contributed by atoms with E-state index in [1.165, 1.54) is 25.7 Å². The smallest absolute Gasteiger partial charge is 0.211 e. The van der Waals surface area contributed by atoms with Crippen molar-refractivity contribution >= 4 is 12.6 Å². The first-order valence-electron chi connectivity index (χ1n) is 6.68. The van der Waals surface area contributed by atoms with E-state index in [9.17, 15) is 4.79 Å². The fourth-order valence-corrected chi connectivity index (χ4v) is 1.75. The SMILES string of the molecule is C=C(CCCCCCC)/C(C)=C(\C=N/C)NC=O. The fraction of sp³-hybridized carbons (Fsp3) is 0.600. The molecular weight excluding hydrogens is 224 g/mol. The average molecular weight is 250 g/mol. The van der Waals surface area contributed by atoms with E-state index < -0.39 is 0 Å². The number of rotatable bonds is 10. The van der Waals surface area contributed by atoms with E-state index in [2.05, 4.69) is 23.8 Å². The van der Waals surface area contributed by atoms with E-state index in [-0.39, 0.29) is 0 Å². The maximum atomic E-state index is 10.5. The zero-order chi connectivity index (χ0) is 13.8. The Bertz CT molecular complexity index is 316. The third kappa shape index (κ3) is 7.05. The molecule has 102 valence electrons. The lowest BCUT2D eigenvalue weighted by molar-refractivity contribution is -0.108. The predicted molar refractivity (Wildman–Crippen MR) is 78.8 cm³/mol. The molecule has 0 saturated heterocycles. The normalized spacial score (nSPS) is 12.4. The van der Waals surface area contributed by atoms with Crippen molar-refractivity contribution in [3.05, 3.63) is 23.4 Å². The summed E-state index contributed by atoms with van der Waals surface area (Å²) in [4.78, 5) is 14.4. The number of amides is 1. The Labute approximate surface area is 111 Å². The second-order valence-electron chi connectivity index (χ2n) is 4.46. The Morgan fingerprint density at radius 3 is 2.50 bits per heavy atom. The van der Waals surface area contributed by atoms with Gasteiger partial charge in [-0.25, -0.2) is 0 Å². The lowest BCUT2D eigenvalue weighted by atomic mass is 10.0. The molecule has 0 saturated carbocycles. The number of nitrogens with zero attached hydrogens (tertiary/aromatic N) is 1. The number of hydrogen-bond donors (Lipinski definition) is 1. The lowest BCUT2D eigenvalue weighted by Gasteiger charge is -2.10. The predicted octanol–water partition coefficient (Wildman–Crippen LogP) is 3.62. The third-order valence-electron chi connectivity index (χ3n) is 2.99. The summed E-state index contributed by atoms with van der Waals surface area (Å²) in [5.74, 6) is 0. The van der Waals surface area contributed by atoms with Gasteiger partial charge in [0.25, 0.3) is 0 Å². The number of hydrogen-bond acceptors (Lipinski definition) is 2. The summed E-state index contributed by atoms with van der Waals surface area (Å²) in [6.07, 6.45) is 9.59. The van der Waals surface area contributed by atoms with Crippen LogP contribution in [0.3, 0.4) is 0 Å². The highest BCUT2D eigenvalue weighted by atomic mass is 16.1. The molecule has 0 atom stereocenters. The van der Waals surface area contributed by atoms with Crippen LogP contribution in [-0.2, 0) is 4.79 Å². The van der Waals surface area contributed by atoms with Crippen molar-refractivity contribution < 1.29 is 4.79 Å². The Hall–Kier alpha value is -1.38. The van der Waals surface area contributed by atoms with Crippen molar-refractivity contribution in [1.82, 2.24) is 5.32 Å². The standard InChI is InChI=1S/C15H26N2O/c1-5-6-7-8-9-10-13(2)14(3)15(11-16-4)17-12-18/h11-12H,2,5-10H2,1,3-4H3,(H,17,18)/b15-14+,16-11-. The van der Waals surface area contributed by atoms with Crippen LogP contribution in [0, 0.1) is 0 Å². The maximum absolute atomic E-state index is 10.5. The quantitative estimate of drug-likeness (QED) is 0.273. The number of nitrogens with one attached hydrogen (secondary N) is 1. The first kappa shape index (κ1) is 16.6. The summed E-state index contributed by atoms with van der Waals surface area (Å²) in [5.41, 5.74) is 2.84. The van der Waals surface area contributed by atoms with Gasteiger partial charge in [-0.05, 0) is 25.3 Å². The zero-order valence-electron chi connectivity index (χ0n) is 12.0. The van der Waals surface area contributed by atoms with Gasteiger partial charge in [-0.3, -0.25) is 9.79 Å². The minimum absolute atomic E-state index is 0.676. The van der Waals surface area contributed by atoms with Crippen molar-refractivity contribution in [2.45, 2.75) is 52.4 Å². The molecular formula is C15H26N2O. The van der Waals surface area contributed by atoms with Crippen LogP contribution in [0.15, 0.2) is 28.4 Å². The Morgan fingerprint density at radius 1 is 1.28 bits per heavy atom. The molecule has 18 heavy (non-hydrogen) atoms. The highest BCUT2D eigenvalue weighted by Gasteiger charge is 2.03. The Balaban J connectivity index is 4.28. The zero-order valence-corrected chi connectivity index (χ0v) is 12.0.